The summed E-state index contributed by atoms with van der Waals surface area (Å²) in [6, 6.07) is 16.7. The second-order valence-electron chi connectivity index (χ2n) is 9.17. The number of benzene rings is 2. The molecule has 6 rings (SSSR count). The lowest BCUT2D eigenvalue weighted by atomic mass is 9.90. The number of nitrogens with zero attached hydrogens (tertiary/aromatic N) is 3. The number of carbonyl (C=O) groups excluding carboxylic acids is 1. The minimum absolute atomic E-state index is 0.0287. The van der Waals surface area contributed by atoms with Gasteiger partial charge in [0.05, 0.1) is 31.0 Å². The normalized spacial score (nSPS) is 21.4. The molecule has 1 fully saturated rings. The second-order valence-corrected chi connectivity index (χ2v) is 9.17. The Kier molecular flexibility index (Phi) is 4.84. The minimum Gasteiger partial charge on any atom is -0.448 e. The Morgan fingerprint density at radius 1 is 1.06 bits per heavy atom. The first-order chi connectivity index (χ1) is 16.1. The van der Waals surface area contributed by atoms with Crippen molar-refractivity contribution in [3.63, 3.8) is 0 Å². The van der Waals surface area contributed by atoms with Gasteiger partial charge in [-0.1, -0.05) is 54.6 Å². The third kappa shape index (κ3) is 3.37. The maximum absolute atomic E-state index is 13.3. The molecule has 3 aliphatic rings. The number of rotatable bonds is 3. The van der Waals surface area contributed by atoms with Crippen LogP contribution < -0.4 is 0 Å². The second kappa shape index (κ2) is 7.89. The van der Waals surface area contributed by atoms with Gasteiger partial charge in [0.2, 0.25) is 0 Å². The van der Waals surface area contributed by atoms with Gasteiger partial charge in [-0.3, -0.25) is 9.58 Å². The number of aryl methyl sites for hydroxylation is 2. The van der Waals surface area contributed by atoms with Gasteiger partial charge in [-0.15, -0.1) is 0 Å². The Morgan fingerprint density at radius 2 is 1.76 bits per heavy atom. The molecule has 0 saturated carbocycles. The van der Waals surface area contributed by atoms with Crippen molar-refractivity contribution in [2.24, 2.45) is 7.05 Å². The predicted octanol–water partition coefficient (Wildman–Crippen LogP) is 4.53. The third-order valence-corrected chi connectivity index (χ3v) is 7.10. The number of ether oxygens (including phenoxy) is 2. The van der Waals surface area contributed by atoms with Crippen LogP contribution in [0.25, 0.3) is 16.7 Å². The summed E-state index contributed by atoms with van der Waals surface area (Å²) in [5, 5.41) is 4.48. The van der Waals surface area contributed by atoms with E-state index >= 15 is 0 Å². The van der Waals surface area contributed by atoms with E-state index in [2.05, 4.69) is 65.9 Å². The van der Waals surface area contributed by atoms with Crippen LogP contribution in [-0.2, 0) is 16.5 Å². The monoisotopic (exact) mass is 441 g/mol. The van der Waals surface area contributed by atoms with Crippen LogP contribution in [0, 0.1) is 6.92 Å². The Labute approximate surface area is 193 Å². The van der Waals surface area contributed by atoms with Gasteiger partial charge in [0.15, 0.2) is 0 Å². The average molecular weight is 442 g/mol. The summed E-state index contributed by atoms with van der Waals surface area (Å²) >= 11 is 0. The molecule has 6 heteroatoms. The molecule has 0 N–H and O–H groups in total. The highest BCUT2D eigenvalue weighted by atomic mass is 16.6. The van der Waals surface area contributed by atoms with Crippen LogP contribution in [0.5, 0.6) is 0 Å². The molecule has 1 aliphatic carbocycles. The molecule has 2 bridgehead atoms. The fourth-order valence-electron chi connectivity index (χ4n) is 5.66. The third-order valence-electron chi connectivity index (χ3n) is 7.10. The molecule has 6 nitrogen and oxygen atoms in total. The van der Waals surface area contributed by atoms with E-state index in [4.69, 9.17) is 9.47 Å². The Hall–Kier alpha value is -3.38. The van der Waals surface area contributed by atoms with Crippen LogP contribution in [0.1, 0.15) is 34.7 Å². The molecular weight excluding hydrogens is 414 g/mol. The molecule has 0 radical (unpaired) electrons. The molecule has 33 heavy (non-hydrogen) atoms. The van der Waals surface area contributed by atoms with Gasteiger partial charge in [0.1, 0.15) is 6.61 Å². The van der Waals surface area contributed by atoms with E-state index in [9.17, 15) is 4.79 Å². The van der Waals surface area contributed by atoms with Crippen molar-refractivity contribution < 1.29 is 14.3 Å². The van der Waals surface area contributed by atoms with Gasteiger partial charge in [-0.2, -0.15) is 5.10 Å². The molecule has 3 heterocycles. The smallest absolute Gasteiger partial charge is 0.410 e. The van der Waals surface area contributed by atoms with Crippen LogP contribution in [0.2, 0.25) is 0 Å². The first-order valence-corrected chi connectivity index (χ1v) is 11.5. The topological polar surface area (TPSA) is 56.6 Å². The molecule has 168 valence electrons. The molecule has 2 aliphatic heterocycles. The molecule has 2 unspecified atom stereocenters. The van der Waals surface area contributed by atoms with E-state index in [0.717, 1.165) is 17.7 Å². The van der Waals surface area contributed by atoms with Crippen molar-refractivity contribution in [3.8, 4) is 11.1 Å². The van der Waals surface area contributed by atoms with Gasteiger partial charge in [-0.25, -0.2) is 4.79 Å². The zero-order chi connectivity index (χ0) is 22.5. The van der Waals surface area contributed by atoms with Gasteiger partial charge >= 0.3 is 6.09 Å². The summed E-state index contributed by atoms with van der Waals surface area (Å²) in [5.41, 5.74) is 8.32. The molecular formula is C27H27N3O3. The highest BCUT2D eigenvalue weighted by molar-refractivity contribution is 5.79. The molecule has 1 saturated heterocycles. The maximum atomic E-state index is 13.3. The number of fused-ring (bicyclic) bond motifs is 5. The summed E-state index contributed by atoms with van der Waals surface area (Å²) in [4.78, 5) is 15.2. The molecule has 3 aromatic rings. The highest BCUT2D eigenvalue weighted by Gasteiger charge is 2.40. The zero-order valence-corrected chi connectivity index (χ0v) is 18.9. The van der Waals surface area contributed by atoms with E-state index in [1.807, 2.05) is 23.6 Å². The number of hydrogen-bond donors (Lipinski definition) is 0. The molecule has 1 aromatic heterocycles. The van der Waals surface area contributed by atoms with Crippen LogP contribution in [-0.4, -0.2) is 52.7 Å². The van der Waals surface area contributed by atoms with E-state index in [-0.39, 0.29) is 24.1 Å². The maximum Gasteiger partial charge on any atom is 0.410 e. The quantitative estimate of drug-likeness (QED) is 0.599. The lowest BCUT2D eigenvalue weighted by Gasteiger charge is -2.43. The van der Waals surface area contributed by atoms with Crippen LogP contribution >= 0.6 is 0 Å². The average Bonchev–Trinajstić information content (AvgIpc) is 3.32. The van der Waals surface area contributed by atoms with Crippen molar-refractivity contribution in [3.05, 3.63) is 83.2 Å². The Morgan fingerprint density at radius 3 is 2.39 bits per heavy atom. The molecule has 1 amide bonds. The van der Waals surface area contributed by atoms with E-state index in [1.165, 1.54) is 27.8 Å². The van der Waals surface area contributed by atoms with E-state index in [1.54, 1.807) is 0 Å². The number of hydrogen-bond acceptors (Lipinski definition) is 4. The number of aromatic nitrogens is 2. The van der Waals surface area contributed by atoms with Crippen molar-refractivity contribution in [2.75, 3.05) is 19.8 Å². The van der Waals surface area contributed by atoms with Crippen molar-refractivity contribution in [2.45, 2.75) is 31.3 Å². The summed E-state index contributed by atoms with van der Waals surface area (Å²) in [7, 11) is 1.94. The summed E-state index contributed by atoms with van der Waals surface area (Å²) in [5.74, 6) is 0.0615. The van der Waals surface area contributed by atoms with Gasteiger partial charge in [0.25, 0.3) is 0 Å². The van der Waals surface area contributed by atoms with Crippen LogP contribution in [0.15, 0.2) is 60.8 Å². The highest BCUT2D eigenvalue weighted by Crippen LogP contribution is 2.44. The summed E-state index contributed by atoms with van der Waals surface area (Å²) in [6.45, 7) is 3.38. The van der Waals surface area contributed by atoms with Gasteiger partial charge in [-0.05, 0) is 41.2 Å². The largest absolute Gasteiger partial charge is 0.448 e. The van der Waals surface area contributed by atoms with Gasteiger partial charge in [0, 0.05) is 24.7 Å². The zero-order valence-electron chi connectivity index (χ0n) is 18.9. The van der Waals surface area contributed by atoms with E-state index < -0.39 is 0 Å². The minimum atomic E-state index is -0.256. The Bertz CT molecular complexity index is 1220. The first kappa shape index (κ1) is 20.2. The van der Waals surface area contributed by atoms with Crippen molar-refractivity contribution in [1.29, 1.82) is 0 Å². The lowest BCUT2D eigenvalue weighted by Crippen LogP contribution is -2.56. The number of amides is 1. The van der Waals surface area contributed by atoms with Crippen molar-refractivity contribution in [1.82, 2.24) is 14.7 Å². The van der Waals surface area contributed by atoms with Gasteiger partial charge < -0.3 is 9.47 Å². The fourth-order valence-corrected chi connectivity index (χ4v) is 5.66. The summed E-state index contributed by atoms with van der Waals surface area (Å²) < 4.78 is 13.6. The molecule has 2 atom stereocenters. The molecule has 0 spiro atoms. The first-order valence-electron chi connectivity index (χ1n) is 11.5. The Balaban J connectivity index is 1.23. The predicted molar refractivity (Wildman–Crippen MR) is 126 cm³/mol. The van der Waals surface area contributed by atoms with Crippen LogP contribution in [0.3, 0.4) is 0 Å². The standard InChI is InChI=1S/C27H27N3O3/c1-17-25(13-29(2)28-17)18-11-19-14-32-15-20(12-18)30(19)27(31)33-16-26-23-9-5-3-7-21(23)22-8-4-6-10-24(22)26/h3-11,13,19-20,26H,12,14-16H2,1-2H3. The summed E-state index contributed by atoms with van der Waals surface area (Å²) in [6.07, 6.45) is 4.70. The fraction of sp³-hybridized carbons (Fsp3) is 0.333. The molecule has 2 aromatic carbocycles. The SMILES string of the molecule is Cc1nn(C)cc1C1=CC2COCC(C1)N2C(=O)OCC1c2ccccc2-c2ccccc21. The number of carbonyl (C=O) groups is 1. The lowest BCUT2D eigenvalue weighted by molar-refractivity contribution is -0.0331. The van der Waals surface area contributed by atoms with Crippen molar-refractivity contribution >= 4 is 11.7 Å². The van der Waals surface area contributed by atoms with Crippen LogP contribution in [0.4, 0.5) is 4.79 Å². The number of morpholine rings is 1. The van der Waals surface area contributed by atoms with E-state index in [0.29, 0.717) is 19.8 Å².